The zero-order valence-corrected chi connectivity index (χ0v) is 9.78. The second-order valence-electron chi connectivity index (χ2n) is 3.37. The number of hydrogen-bond donors (Lipinski definition) is 1. The van der Waals surface area contributed by atoms with Gasteiger partial charge in [-0.05, 0) is 11.4 Å². The zero-order chi connectivity index (χ0) is 12.1. The van der Waals surface area contributed by atoms with E-state index < -0.39 is 0 Å². The number of aromatic nitrogens is 2. The standard InChI is InChI=1S/C11H10N4OS/c12-7-9-2-6-17-11(9)14-10(16)1-4-15-5-3-13-8-15/h2-3,5-6,8H,1,4H2,(H,14,16). The fraction of sp³-hybridized carbons (Fsp3) is 0.182. The van der Waals surface area contributed by atoms with Gasteiger partial charge in [0.05, 0.1) is 11.9 Å². The lowest BCUT2D eigenvalue weighted by Crippen LogP contribution is -2.13. The number of carbonyl (C=O) groups is 1. The van der Waals surface area contributed by atoms with Crippen LogP contribution in [0.5, 0.6) is 0 Å². The van der Waals surface area contributed by atoms with Crippen molar-refractivity contribution in [2.45, 2.75) is 13.0 Å². The van der Waals surface area contributed by atoms with Gasteiger partial charge in [0.2, 0.25) is 5.91 Å². The van der Waals surface area contributed by atoms with Gasteiger partial charge in [-0.15, -0.1) is 11.3 Å². The number of aryl methyl sites for hydroxylation is 1. The van der Waals surface area contributed by atoms with Crippen molar-refractivity contribution in [2.75, 3.05) is 5.32 Å². The minimum atomic E-state index is -0.0994. The Labute approximate surface area is 102 Å². The van der Waals surface area contributed by atoms with E-state index in [2.05, 4.69) is 10.3 Å². The van der Waals surface area contributed by atoms with Gasteiger partial charge in [0.15, 0.2) is 0 Å². The predicted molar refractivity (Wildman–Crippen MR) is 64.5 cm³/mol. The summed E-state index contributed by atoms with van der Waals surface area (Å²) >= 11 is 1.35. The first-order chi connectivity index (χ1) is 8.29. The van der Waals surface area contributed by atoms with E-state index in [0.29, 0.717) is 23.5 Å². The zero-order valence-electron chi connectivity index (χ0n) is 8.96. The van der Waals surface area contributed by atoms with Crippen molar-refractivity contribution >= 4 is 22.2 Å². The second kappa shape index (κ2) is 5.27. The molecule has 0 saturated carbocycles. The van der Waals surface area contributed by atoms with Gasteiger partial charge in [-0.25, -0.2) is 4.98 Å². The quantitative estimate of drug-likeness (QED) is 0.894. The molecule has 0 aromatic carbocycles. The van der Waals surface area contributed by atoms with E-state index in [0.717, 1.165) is 0 Å². The van der Waals surface area contributed by atoms with Crippen molar-refractivity contribution in [3.05, 3.63) is 35.7 Å². The number of nitrogens with one attached hydrogen (secondary N) is 1. The lowest BCUT2D eigenvalue weighted by atomic mass is 10.3. The van der Waals surface area contributed by atoms with Crippen LogP contribution in [-0.2, 0) is 11.3 Å². The molecular weight excluding hydrogens is 236 g/mol. The molecule has 2 aromatic heterocycles. The highest BCUT2D eigenvalue weighted by atomic mass is 32.1. The first-order valence-corrected chi connectivity index (χ1v) is 5.91. The van der Waals surface area contributed by atoms with Crippen LogP contribution in [0.4, 0.5) is 5.00 Å². The fourth-order valence-electron chi connectivity index (χ4n) is 1.33. The average Bonchev–Trinajstić information content (AvgIpc) is 2.97. The molecule has 0 aliphatic heterocycles. The molecule has 1 N–H and O–H groups in total. The number of nitriles is 1. The number of rotatable bonds is 4. The summed E-state index contributed by atoms with van der Waals surface area (Å²) in [6.45, 7) is 0.582. The molecular formula is C11H10N4OS. The Morgan fingerprint density at radius 3 is 3.24 bits per heavy atom. The third-order valence-electron chi connectivity index (χ3n) is 2.19. The van der Waals surface area contributed by atoms with E-state index in [1.165, 1.54) is 11.3 Å². The highest BCUT2D eigenvalue weighted by Gasteiger charge is 2.07. The molecule has 0 unspecified atom stereocenters. The Morgan fingerprint density at radius 2 is 2.53 bits per heavy atom. The van der Waals surface area contributed by atoms with Crippen LogP contribution < -0.4 is 5.32 Å². The van der Waals surface area contributed by atoms with Crippen LogP contribution in [0, 0.1) is 11.3 Å². The lowest BCUT2D eigenvalue weighted by Gasteiger charge is -2.03. The smallest absolute Gasteiger partial charge is 0.226 e. The number of amides is 1. The Balaban J connectivity index is 1.88. The Hall–Kier alpha value is -2.13. The van der Waals surface area contributed by atoms with E-state index in [4.69, 9.17) is 5.26 Å². The first kappa shape index (κ1) is 11.4. The molecule has 6 heteroatoms. The summed E-state index contributed by atoms with van der Waals surface area (Å²) in [5.41, 5.74) is 0.506. The van der Waals surface area contributed by atoms with Gasteiger partial charge in [-0.1, -0.05) is 0 Å². The normalized spacial score (nSPS) is 9.82. The van der Waals surface area contributed by atoms with Gasteiger partial charge in [-0.3, -0.25) is 4.79 Å². The predicted octanol–water partition coefficient (Wildman–Crippen LogP) is 1.85. The summed E-state index contributed by atoms with van der Waals surface area (Å²) in [7, 11) is 0. The Kier molecular flexibility index (Phi) is 3.52. The average molecular weight is 246 g/mol. The molecule has 0 spiro atoms. The molecule has 86 valence electrons. The van der Waals surface area contributed by atoms with E-state index >= 15 is 0 Å². The van der Waals surface area contributed by atoms with Crippen LogP contribution in [0.15, 0.2) is 30.2 Å². The van der Waals surface area contributed by atoms with Crippen molar-refractivity contribution in [2.24, 2.45) is 0 Å². The van der Waals surface area contributed by atoms with Crippen LogP contribution in [-0.4, -0.2) is 15.5 Å². The molecule has 0 atom stereocenters. The van der Waals surface area contributed by atoms with Crippen molar-refractivity contribution < 1.29 is 4.79 Å². The van der Waals surface area contributed by atoms with Crippen LogP contribution in [0.25, 0.3) is 0 Å². The Bertz CT molecular complexity index is 538. The number of anilines is 1. The SMILES string of the molecule is N#Cc1ccsc1NC(=O)CCn1ccnc1. The van der Waals surface area contributed by atoms with Gasteiger partial charge < -0.3 is 9.88 Å². The topological polar surface area (TPSA) is 70.7 Å². The Morgan fingerprint density at radius 1 is 1.65 bits per heavy atom. The van der Waals surface area contributed by atoms with Gasteiger partial charge in [-0.2, -0.15) is 5.26 Å². The largest absolute Gasteiger partial charge is 0.337 e. The molecule has 2 heterocycles. The van der Waals surface area contributed by atoms with Crippen LogP contribution >= 0.6 is 11.3 Å². The maximum absolute atomic E-state index is 11.6. The monoisotopic (exact) mass is 246 g/mol. The van der Waals surface area contributed by atoms with E-state index in [9.17, 15) is 4.79 Å². The molecule has 1 amide bonds. The molecule has 0 aliphatic rings. The van der Waals surface area contributed by atoms with Gasteiger partial charge in [0.1, 0.15) is 11.1 Å². The maximum atomic E-state index is 11.6. The molecule has 0 aliphatic carbocycles. The number of nitrogens with zero attached hydrogens (tertiary/aromatic N) is 3. The molecule has 2 rings (SSSR count). The molecule has 5 nitrogen and oxygen atoms in total. The third-order valence-corrected chi connectivity index (χ3v) is 3.02. The molecule has 0 fully saturated rings. The highest BCUT2D eigenvalue weighted by molar-refractivity contribution is 7.14. The molecule has 0 saturated heterocycles. The minimum Gasteiger partial charge on any atom is -0.337 e. The second-order valence-corrected chi connectivity index (χ2v) is 4.29. The first-order valence-electron chi connectivity index (χ1n) is 5.03. The van der Waals surface area contributed by atoms with Crippen LogP contribution in [0.3, 0.4) is 0 Å². The van der Waals surface area contributed by atoms with E-state index in [-0.39, 0.29) is 5.91 Å². The molecule has 0 radical (unpaired) electrons. The van der Waals surface area contributed by atoms with Gasteiger partial charge in [0.25, 0.3) is 0 Å². The third kappa shape index (κ3) is 2.92. The highest BCUT2D eigenvalue weighted by Crippen LogP contribution is 2.22. The van der Waals surface area contributed by atoms with Crippen molar-refractivity contribution in [3.63, 3.8) is 0 Å². The summed E-state index contributed by atoms with van der Waals surface area (Å²) in [5, 5.41) is 13.9. The fourth-order valence-corrected chi connectivity index (χ4v) is 2.09. The number of thiophene rings is 1. The summed E-state index contributed by atoms with van der Waals surface area (Å²) in [6, 6.07) is 3.72. The van der Waals surface area contributed by atoms with Crippen molar-refractivity contribution in [1.29, 1.82) is 5.26 Å². The number of carbonyl (C=O) groups excluding carboxylic acids is 1. The summed E-state index contributed by atoms with van der Waals surface area (Å²) < 4.78 is 1.83. The molecule has 0 bridgehead atoms. The minimum absolute atomic E-state index is 0.0994. The van der Waals surface area contributed by atoms with E-state index in [1.54, 1.807) is 30.2 Å². The van der Waals surface area contributed by atoms with Gasteiger partial charge >= 0.3 is 0 Å². The number of hydrogen-bond acceptors (Lipinski definition) is 4. The van der Waals surface area contributed by atoms with Crippen LogP contribution in [0.2, 0.25) is 0 Å². The molecule has 17 heavy (non-hydrogen) atoms. The van der Waals surface area contributed by atoms with E-state index in [1.807, 2.05) is 10.6 Å². The molecule has 2 aromatic rings. The summed E-state index contributed by atoms with van der Waals surface area (Å²) in [4.78, 5) is 15.5. The lowest BCUT2D eigenvalue weighted by molar-refractivity contribution is -0.116. The van der Waals surface area contributed by atoms with Crippen LogP contribution in [0.1, 0.15) is 12.0 Å². The van der Waals surface area contributed by atoms with Gasteiger partial charge in [0, 0.05) is 25.4 Å². The maximum Gasteiger partial charge on any atom is 0.226 e. The summed E-state index contributed by atoms with van der Waals surface area (Å²) in [5.74, 6) is -0.0994. The van der Waals surface area contributed by atoms with Crippen molar-refractivity contribution in [1.82, 2.24) is 9.55 Å². The summed E-state index contributed by atoms with van der Waals surface area (Å²) in [6.07, 6.45) is 5.50. The van der Waals surface area contributed by atoms with Crippen molar-refractivity contribution in [3.8, 4) is 6.07 Å². The number of imidazole rings is 1.